The van der Waals surface area contributed by atoms with Crippen molar-refractivity contribution in [3.63, 3.8) is 0 Å². The summed E-state index contributed by atoms with van der Waals surface area (Å²) in [7, 11) is 1.51. The van der Waals surface area contributed by atoms with Crippen molar-refractivity contribution in [3.8, 4) is 5.75 Å². The predicted molar refractivity (Wildman–Crippen MR) is 104 cm³/mol. The summed E-state index contributed by atoms with van der Waals surface area (Å²) in [6.45, 7) is 1.50. The summed E-state index contributed by atoms with van der Waals surface area (Å²) in [4.78, 5) is 24.8. The number of halogens is 2. The molecule has 1 amide bonds. The Morgan fingerprint density at radius 1 is 1.19 bits per heavy atom. The van der Waals surface area contributed by atoms with Gasteiger partial charge in [-0.1, -0.05) is 35.3 Å². The molecule has 26 heavy (non-hydrogen) atoms. The summed E-state index contributed by atoms with van der Waals surface area (Å²) in [6, 6.07) is 12.0. The smallest absolute Gasteiger partial charge is 0.317 e. The van der Waals surface area contributed by atoms with Gasteiger partial charge < -0.3 is 14.8 Å². The van der Waals surface area contributed by atoms with E-state index in [4.69, 9.17) is 32.7 Å². The number of ether oxygens (including phenoxy) is 2. The summed E-state index contributed by atoms with van der Waals surface area (Å²) < 4.78 is 10.3. The van der Waals surface area contributed by atoms with E-state index in [1.54, 1.807) is 42.5 Å². The van der Waals surface area contributed by atoms with Gasteiger partial charge in [0.1, 0.15) is 5.75 Å². The first-order valence-electron chi connectivity index (χ1n) is 7.62. The van der Waals surface area contributed by atoms with Crippen LogP contribution in [0.25, 0.3) is 0 Å². The van der Waals surface area contributed by atoms with Crippen molar-refractivity contribution in [1.82, 2.24) is 0 Å². The number of hydrogen-bond donors (Lipinski definition) is 1. The highest BCUT2D eigenvalue weighted by molar-refractivity contribution is 8.00. The van der Waals surface area contributed by atoms with Gasteiger partial charge in [0.05, 0.1) is 23.6 Å². The number of esters is 1. The van der Waals surface area contributed by atoms with E-state index in [9.17, 15) is 9.59 Å². The van der Waals surface area contributed by atoms with Gasteiger partial charge in [0.2, 0.25) is 0 Å². The zero-order valence-electron chi connectivity index (χ0n) is 14.1. The quantitative estimate of drug-likeness (QED) is 0.527. The van der Waals surface area contributed by atoms with Crippen LogP contribution < -0.4 is 10.1 Å². The summed E-state index contributed by atoms with van der Waals surface area (Å²) >= 11 is 13.1. The van der Waals surface area contributed by atoms with Crippen molar-refractivity contribution >= 4 is 52.5 Å². The van der Waals surface area contributed by atoms with Crippen LogP contribution in [0.15, 0.2) is 47.4 Å². The van der Waals surface area contributed by atoms with Crippen LogP contribution in [0.2, 0.25) is 10.0 Å². The fraction of sp³-hybridized carbons (Fsp3) is 0.222. The Balaban J connectivity index is 1.88. The van der Waals surface area contributed by atoms with E-state index >= 15 is 0 Å². The second-order valence-corrected chi connectivity index (χ2v) is 7.05. The van der Waals surface area contributed by atoms with E-state index in [1.807, 2.05) is 0 Å². The first kappa shape index (κ1) is 20.4. The third kappa shape index (κ3) is 5.83. The third-order valence-electron chi connectivity index (χ3n) is 3.28. The Hall–Kier alpha value is -1.89. The van der Waals surface area contributed by atoms with Crippen molar-refractivity contribution in [2.24, 2.45) is 0 Å². The molecule has 0 aliphatic carbocycles. The van der Waals surface area contributed by atoms with Crippen LogP contribution in [0.5, 0.6) is 5.75 Å². The molecule has 0 unspecified atom stereocenters. The van der Waals surface area contributed by atoms with E-state index in [0.29, 0.717) is 26.4 Å². The molecule has 0 spiro atoms. The highest BCUT2D eigenvalue weighted by Gasteiger charge is 2.19. The molecule has 0 fully saturated rings. The van der Waals surface area contributed by atoms with Gasteiger partial charge in [0.15, 0.2) is 6.10 Å². The minimum absolute atomic E-state index is 0.00629. The van der Waals surface area contributed by atoms with Crippen molar-refractivity contribution in [2.75, 3.05) is 18.2 Å². The topological polar surface area (TPSA) is 64.6 Å². The molecule has 0 bridgehead atoms. The van der Waals surface area contributed by atoms with Crippen molar-refractivity contribution < 1.29 is 19.1 Å². The van der Waals surface area contributed by atoms with Gasteiger partial charge in [-0.25, -0.2) is 0 Å². The maximum Gasteiger partial charge on any atom is 0.317 e. The fourth-order valence-electron chi connectivity index (χ4n) is 1.99. The lowest BCUT2D eigenvalue weighted by Gasteiger charge is -2.15. The lowest BCUT2D eigenvalue weighted by Crippen LogP contribution is -2.30. The number of nitrogens with one attached hydrogen (secondary N) is 1. The summed E-state index contributed by atoms with van der Waals surface area (Å²) in [5.74, 6) is -0.459. The lowest BCUT2D eigenvalue weighted by molar-refractivity contribution is -0.150. The van der Waals surface area contributed by atoms with Crippen LogP contribution in [0.4, 0.5) is 5.69 Å². The summed E-state index contributed by atoms with van der Waals surface area (Å²) in [6.07, 6.45) is -0.956. The normalized spacial score (nSPS) is 11.5. The molecular formula is C18H17Cl2NO4S. The monoisotopic (exact) mass is 413 g/mol. The summed E-state index contributed by atoms with van der Waals surface area (Å²) in [5, 5.41) is 3.69. The van der Waals surface area contributed by atoms with Gasteiger partial charge in [-0.3, -0.25) is 9.59 Å². The van der Waals surface area contributed by atoms with Crippen LogP contribution in [0.3, 0.4) is 0 Å². The Labute approximate surface area is 166 Å². The molecule has 2 aromatic carbocycles. The molecule has 2 aromatic rings. The van der Waals surface area contributed by atoms with E-state index < -0.39 is 18.0 Å². The maximum absolute atomic E-state index is 12.2. The average molecular weight is 414 g/mol. The highest BCUT2D eigenvalue weighted by atomic mass is 35.5. The number of rotatable bonds is 7. The number of thioether (sulfide) groups is 1. The van der Waals surface area contributed by atoms with E-state index in [2.05, 4.69) is 5.32 Å². The molecule has 1 atom stereocenters. The Kier molecular flexibility index (Phi) is 7.63. The molecule has 0 aromatic heterocycles. The number of anilines is 1. The zero-order valence-corrected chi connectivity index (χ0v) is 16.5. The van der Waals surface area contributed by atoms with Gasteiger partial charge in [-0.05, 0) is 37.3 Å². The minimum Gasteiger partial charge on any atom is -0.495 e. The van der Waals surface area contributed by atoms with Gasteiger partial charge in [-0.2, -0.15) is 0 Å². The molecule has 0 aliphatic heterocycles. The lowest BCUT2D eigenvalue weighted by atomic mass is 10.2. The zero-order chi connectivity index (χ0) is 19.1. The fourth-order valence-corrected chi connectivity index (χ4v) is 3.27. The van der Waals surface area contributed by atoms with Crippen molar-refractivity contribution in [1.29, 1.82) is 0 Å². The van der Waals surface area contributed by atoms with Gasteiger partial charge in [0.25, 0.3) is 5.91 Å². The van der Waals surface area contributed by atoms with E-state index in [1.165, 1.54) is 25.8 Å². The van der Waals surface area contributed by atoms with Crippen molar-refractivity contribution in [3.05, 3.63) is 52.5 Å². The minimum atomic E-state index is -0.956. The average Bonchev–Trinajstić information content (AvgIpc) is 2.62. The highest BCUT2D eigenvalue weighted by Crippen LogP contribution is 2.30. The number of carbonyl (C=O) groups is 2. The number of methoxy groups -OCH3 is 1. The molecule has 1 N–H and O–H groups in total. The maximum atomic E-state index is 12.2. The SMILES string of the molecule is COc1ccccc1NC(=O)[C@@H](C)OC(=O)CSc1cc(Cl)ccc1Cl. The molecular weight excluding hydrogens is 397 g/mol. The molecule has 8 heteroatoms. The molecule has 0 saturated carbocycles. The van der Waals surface area contributed by atoms with E-state index in [-0.39, 0.29) is 5.75 Å². The number of hydrogen-bond acceptors (Lipinski definition) is 5. The second-order valence-electron chi connectivity index (χ2n) is 5.19. The third-order valence-corrected chi connectivity index (χ3v) is 4.99. The molecule has 2 rings (SSSR count). The number of benzene rings is 2. The van der Waals surface area contributed by atoms with Gasteiger partial charge >= 0.3 is 5.97 Å². The first-order chi connectivity index (χ1) is 12.4. The van der Waals surface area contributed by atoms with Gasteiger partial charge in [-0.15, -0.1) is 11.8 Å². The number of carbonyl (C=O) groups excluding carboxylic acids is 2. The van der Waals surface area contributed by atoms with Crippen LogP contribution in [0, 0.1) is 0 Å². The predicted octanol–water partition coefficient (Wildman–Crippen LogP) is 4.66. The summed E-state index contributed by atoms with van der Waals surface area (Å²) in [5.41, 5.74) is 0.503. The van der Waals surface area contributed by atoms with Gasteiger partial charge in [0, 0.05) is 9.92 Å². The molecule has 138 valence electrons. The van der Waals surface area contributed by atoms with Crippen molar-refractivity contribution in [2.45, 2.75) is 17.9 Å². The Morgan fingerprint density at radius 2 is 1.92 bits per heavy atom. The Bertz CT molecular complexity index is 801. The molecule has 0 saturated heterocycles. The first-order valence-corrected chi connectivity index (χ1v) is 9.36. The van der Waals surface area contributed by atoms with E-state index in [0.717, 1.165) is 0 Å². The Morgan fingerprint density at radius 3 is 2.65 bits per heavy atom. The van der Waals surface area contributed by atoms with Crippen LogP contribution in [-0.4, -0.2) is 30.8 Å². The molecule has 0 aliphatic rings. The van der Waals surface area contributed by atoms with Crippen LogP contribution in [-0.2, 0) is 14.3 Å². The second kappa shape index (κ2) is 9.71. The molecule has 0 radical (unpaired) electrons. The van der Waals surface area contributed by atoms with Crippen LogP contribution >= 0.6 is 35.0 Å². The number of amides is 1. The van der Waals surface area contributed by atoms with Crippen LogP contribution in [0.1, 0.15) is 6.92 Å². The number of para-hydroxylation sites is 2. The molecule has 5 nitrogen and oxygen atoms in total. The standard InChI is InChI=1S/C18H17Cl2NO4S/c1-11(18(23)21-14-5-3-4-6-15(14)24-2)25-17(22)10-26-16-9-12(19)7-8-13(16)20/h3-9,11H,10H2,1-2H3,(H,21,23)/t11-/m1/s1. The molecule has 0 heterocycles. The largest absolute Gasteiger partial charge is 0.495 e.